The smallest absolute Gasteiger partial charge is 0.119 e. The third-order valence-corrected chi connectivity index (χ3v) is 4.21. The van der Waals surface area contributed by atoms with Crippen molar-refractivity contribution in [1.29, 1.82) is 0 Å². The van der Waals surface area contributed by atoms with Crippen molar-refractivity contribution in [1.82, 2.24) is 14.7 Å². The molecule has 142 valence electrons. The van der Waals surface area contributed by atoms with Gasteiger partial charge in [-0.05, 0) is 60.3 Å². The van der Waals surface area contributed by atoms with Crippen LogP contribution in [-0.2, 0) is 0 Å². The molecule has 0 atom stereocenters. The van der Waals surface area contributed by atoms with Crippen LogP contribution >= 0.6 is 0 Å². The van der Waals surface area contributed by atoms with Crippen molar-refractivity contribution in [3.8, 4) is 5.75 Å². The summed E-state index contributed by atoms with van der Waals surface area (Å²) in [6.45, 7) is 0.665. The van der Waals surface area contributed by atoms with Crippen molar-refractivity contribution >= 4 is 0 Å². The summed E-state index contributed by atoms with van der Waals surface area (Å²) in [5, 5.41) is 0. The SMILES string of the molecule is CN(C)C=C1CC(=CN(C)C)C(COc2ccccc2)C(=CN(C)C)C1. The molecule has 2 rings (SSSR count). The minimum atomic E-state index is 0.291. The van der Waals surface area contributed by atoms with E-state index in [2.05, 4.69) is 75.6 Å². The highest BCUT2D eigenvalue weighted by Crippen LogP contribution is 2.38. The molecule has 4 heteroatoms. The monoisotopic (exact) mass is 355 g/mol. The first kappa shape index (κ1) is 20.0. The number of ether oxygens (including phenoxy) is 1. The Bertz CT molecular complexity index is 627. The molecular weight excluding hydrogens is 322 g/mol. The van der Waals surface area contributed by atoms with Crippen LogP contribution in [0.25, 0.3) is 0 Å². The van der Waals surface area contributed by atoms with Gasteiger partial charge in [0.05, 0.1) is 6.61 Å². The van der Waals surface area contributed by atoms with Gasteiger partial charge in [-0.2, -0.15) is 0 Å². The number of allylic oxidation sites excluding steroid dienone is 1. The molecule has 0 aliphatic heterocycles. The van der Waals surface area contributed by atoms with Gasteiger partial charge in [0.25, 0.3) is 0 Å². The number of hydrogen-bond acceptors (Lipinski definition) is 4. The topological polar surface area (TPSA) is 19.0 Å². The van der Waals surface area contributed by atoms with Gasteiger partial charge in [-0.1, -0.05) is 18.2 Å². The second-order valence-electron chi connectivity index (χ2n) is 7.62. The van der Waals surface area contributed by atoms with Crippen molar-refractivity contribution in [2.45, 2.75) is 12.8 Å². The summed E-state index contributed by atoms with van der Waals surface area (Å²) in [5.41, 5.74) is 4.24. The van der Waals surface area contributed by atoms with E-state index in [1.54, 1.807) is 0 Å². The fourth-order valence-electron chi connectivity index (χ4n) is 3.37. The molecule has 1 aliphatic rings. The molecule has 1 saturated carbocycles. The minimum Gasteiger partial charge on any atom is -0.493 e. The van der Waals surface area contributed by atoms with E-state index in [1.165, 1.54) is 16.7 Å². The average Bonchev–Trinajstić information content (AvgIpc) is 2.53. The highest BCUT2D eigenvalue weighted by molar-refractivity contribution is 5.35. The molecule has 1 aromatic carbocycles. The van der Waals surface area contributed by atoms with E-state index in [9.17, 15) is 0 Å². The van der Waals surface area contributed by atoms with Crippen molar-refractivity contribution in [2.24, 2.45) is 5.92 Å². The van der Waals surface area contributed by atoms with Crippen LogP contribution in [0.1, 0.15) is 12.8 Å². The van der Waals surface area contributed by atoms with Gasteiger partial charge in [-0.15, -0.1) is 0 Å². The fraction of sp³-hybridized carbons (Fsp3) is 0.455. The molecule has 1 aliphatic carbocycles. The first-order valence-corrected chi connectivity index (χ1v) is 9.13. The molecule has 0 N–H and O–H groups in total. The molecule has 0 bridgehead atoms. The molecule has 0 unspecified atom stereocenters. The van der Waals surface area contributed by atoms with Crippen LogP contribution in [0.4, 0.5) is 0 Å². The molecular formula is C22H33N3O. The highest BCUT2D eigenvalue weighted by Gasteiger charge is 2.27. The molecule has 0 aromatic heterocycles. The Morgan fingerprint density at radius 1 is 0.808 bits per heavy atom. The van der Waals surface area contributed by atoms with Gasteiger partial charge in [0, 0.05) is 48.2 Å². The lowest BCUT2D eigenvalue weighted by Crippen LogP contribution is -2.25. The van der Waals surface area contributed by atoms with Crippen LogP contribution in [0.2, 0.25) is 0 Å². The first-order chi connectivity index (χ1) is 12.3. The predicted octanol–water partition coefficient (Wildman–Crippen LogP) is 3.81. The molecule has 4 nitrogen and oxygen atoms in total. The molecule has 26 heavy (non-hydrogen) atoms. The van der Waals surface area contributed by atoms with Crippen molar-refractivity contribution in [2.75, 3.05) is 48.9 Å². The number of benzene rings is 1. The van der Waals surface area contributed by atoms with Crippen LogP contribution in [0, 0.1) is 5.92 Å². The molecule has 0 heterocycles. The lowest BCUT2D eigenvalue weighted by molar-refractivity contribution is 0.276. The second kappa shape index (κ2) is 9.37. The van der Waals surface area contributed by atoms with E-state index >= 15 is 0 Å². The van der Waals surface area contributed by atoms with Gasteiger partial charge in [0.1, 0.15) is 5.75 Å². The van der Waals surface area contributed by atoms with E-state index in [1.807, 2.05) is 30.3 Å². The molecule has 0 amide bonds. The lowest BCUT2D eigenvalue weighted by atomic mass is 9.78. The Balaban J connectivity index is 2.31. The van der Waals surface area contributed by atoms with E-state index < -0.39 is 0 Å². The average molecular weight is 356 g/mol. The van der Waals surface area contributed by atoms with Crippen LogP contribution in [0.5, 0.6) is 5.75 Å². The van der Waals surface area contributed by atoms with E-state index in [4.69, 9.17) is 4.74 Å². The third-order valence-electron chi connectivity index (χ3n) is 4.21. The summed E-state index contributed by atoms with van der Waals surface area (Å²) in [4.78, 5) is 6.41. The predicted molar refractivity (Wildman–Crippen MR) is 110 cm³/mol. The zero-order valence-corrected chi connectivity index (χ0v) is 17.1. The summed E-state index contributed by atoms with van der Waals surface area (Å²) >= 11 is 0. The number of hydrogen-bond donors (Lipinski definition) is 0. The van der Waals surface area contributed by atoms with Gasteiger partial charge in [0.2, 0.25) is 0 Å². The van der Waals surface area contributed by atoms with Crippen LogP contribution in [-0.4, -0.2) is 63.6 Å². The van der Waals surface area contributed by atoms with Gasteiger partial charge in [-0.25, -0.2) is 0 Å². The Morgan fingerprint density at radius 3 is 1.77 bits per heavy atom. The quantitative estimate of drug-likeness (QED) is 0.772. The summed E-state index contributed by atoms with van der Waals surface area (Å²) in [7, 11) is 12.5. The molecule has 1 fully saturated rings. The zero-order valence-electron chi connectivity index (χ0n) is 17.1. The normalized spacial score (nSPS) is 20.2. The maximum atomic E-state index is 6.14. The van der Waals surface area contributed by atoms with Gasteiger partial charge in [0.15, 0.2) is 0 Å². The van der Waals surface area contributed by atoms with Crippen molar-refractivity contribution < 1.29 is 4.74 Å². The molecule has 0 saturated heterocycles. The van der Waals surface area contributed by atoms with Gasteiger partial charge < -0.3 is 19.4 Å². The van der Waals surface area contributed by atoms with E-state index in [-0.39, 0.29) is 0 Å². The summed E-state index contributed by atoms with van der Waals surface area (Å²) in [6.07, 6.45) is 8.74. The Labute approximate surface area is 159 Å². The standard InChI is InChI=1S/C22H33N3O/c1-23(2)14-18-12-19(15-24(3)4)22(20(13-18)16-25(5)6)17-26-21-10-8-7-9-11-21/h7-11,14-16,22H,12-13,17H2,1-6H3. The Hall–Kier alpha value is -2.36. The Kier molecular flexibility index (Phi) is 7.19. The molecule has 0 radical (unpaired) electrons. The van der Waals surface area contributed by atoms with Gasteiger partial charge >= 0.3 is 0 Å². The molecule has 0 spiro atoms. The summed E-state index contributed by atoms with van der Waals surface area (Å²) < 4.78 is 6.14. The zero-order chi connectivity index (χ0) is 19.1. The first-order valence-electron chi connectivity index (χ1n) is 9.13. The van der Waals surface area contributed by atoms with Crippen LogP contribution in [0.3, 0.4) is 0 Å². The highest BCUT2D eigenvalue weighted by atomic mass is 16.5. The largest absolute Gasteiger partial charge is 0.493 e. The lowest BCUT2D eigenvalue weighted by Gasteiger charge is -2.32. The van der Waals surface area contributed by atoms with E-state index in [0.29, 0.717) is 12.5 Å². The minimum absolute atomic E-state index is 0.291. The van der Waals surface area contributed by atoms with Crippen molar-refractivity contribution in [3.63, 3.8) is 0 Å². The number of nitrogens with zero attached hydrogens (tertiary/aromatic N) is 3. The number of rotatable bonds is 6. The summed E-state index contributed by atoms with van der Waals surface area (Å²) in [6, 6.07) is 10.1. The van der Waals surface area contributed by atoms with Crippen molar-refractivity contribution in [3.05, 3.63) is 65.7 Å². The summed E-state index contributed by atoms with van der Waals surface area (Å²) in [5.74, 6) is 1.22. The number of para-hydroxylation sites is 1. The Morgan fingerprint density at radius 2 is 1.31 bits per heavy atom. The maximum absolute atomic E-state index is 6.14. The van der Waals surface area contributed by atoms with Gasteiger partial charge in [-0.3, -0.25) is 0 Å². The molecule has 1 aromatic rings. The third kappa shape index (κ3) is 6.17. The van der Waals surface area contributed by atoms with E-state index in [0.717, 1.165) is 18.6 Å². The van der Waals surface area contributed by atoms with Crippen LogP contribution < -0.4 is 4.74 Å². The van der Waals surface area contributed by atoms with Crippen LogP contribution in [0.15, 0.2) is 65.7 Å². The second-order valence-corrected chi connectivity index (χ2v) is 7.62. The maximum Gasteiger partial charge on any atom is 0.119 e. The fourth-order valence-corrected chi connectivity index (χ4v) is 3.37.